The number of carbonyl (C=O) groups excluding carboxylic acids is 4. The molecule has 60 heavy (non-hydrogen) atoms. The van der Waals surface area contributed by atoms with Crippen LogP contribution in [-0.2, 0) is 35.6 Å². The summed E-state index contributed by atoms with van der Waals surface area (Å²) >= 11 is 0. The molecule has 0 bridgehead atoms. The molecule has 1 aliphatic carbocycles. The third-order valence-electron chi connectivity index (χ3n) is 10.7. The minimum atomic E-state index is -1.83. The molecule has 1 heterocycles. The Bertz CT molecular complexity index is 2330. The third kappa shape index (κ3) is 8.80. The van der Waals surface area contributed by atoms with Crippen LogP contribution in [0.15, 0.2) is 54.6 Å². The Balaban J connectivity index is 1.53. The lowest BCUT2D eigenvalue weighted by Gasteiger charge is -2.39. The van der Waals surface area contributed by atoms with Crippen LogP contribution in [0.1, 0.15) is 108 Å². The van der Waals surface area contributed by atoms with Crippen LogP contribution in [0.4, 0.5) is 0 Å². The van der Waals surface area contributed by atoms with E-state index >= 15 is 0 Å². The zero-order chi connectivity index (χ0) is 43.4. The number of aliphatic hydroxyl groups excluding tert-OH is 7. The second-order valence-electron chi connectivity index (χ2n) is 14.8. The SMILES string of the molecule is CC(=O)Oc1cc(CO)c2c(c1C=Cc1cccc(CC(O)CCCO)c1)C(=O)c1cc(OC3OC(C)C(O)C(O)C3O)c(Cc3cccc(CO)c3C=O)c(O)c1C2=O. The number of ketones is 2. The molecule has 6 rings (SSSR count). The van der Waals surface area contributed by atoms with E-state index in [4.69, 9.17) is 19.3 Å². The number of hydrogen-bond donors (Lipinski definition) is 8. The molecule has 1 saturated heterocycles. The Labute approximate surface area is 344 Å². The fourth-order valence-corrected chi connectivity index (χ4v) is 7.62. The zero-order valence-corrected chi connectivity index (χ0v) is 32.8. The monoisotopic (exact) mass is 826 g/mol. The van der Waals surface area contributed by atoms with Gasteiger partial charge < -0.3 is 55.1 Å². The summed E-state index contributed by atoms with van der Waals surface area (Å²) in [5, 5.41) is 83.8. The number of rotatable bonds is 15. The fraction of sp³-hybridized carbons (Fsp3) is 0.333. The third-order valence-corrected chi connectivity index (χ3v) is 10.7. The Morgan fingerprint density at radius 2 is 1.55 bits per heavy atom. The molecule has 6 atom stereocenters. The van der Waals surface area contributed by atoms with Gasteiger partial charge in [-0.15, -0.1) is 0 Å². The highest BCUT2D eigenvalue weighted by molar-refractivity contribution is 6.31. The minimum Gasteiger partial charge on any atom is -0.507 e. The summed E-state index contributed by atoms with van der Waals surface area (Å²) in [6.45, 7) is 1.21. The van der Waals surface area contributed by atoms with Gasteiger partial charge in [-0.1, -0.05) is 48.5 Å². The van der Waals surface area contributed by atoms with Crippen LogP contribution in [0.25, 0.3) is 12.2 Å². The maximum atomic E-state index is 14.9. The van der Waals surface area contributed by atoms with Crippen LogP contribution in [0.3, 0.4) is 0 Å². The zero-order valence-electron chi connectivity index (χ0n) is 32.8. The summed E-state index contributed by atoms with van der Waals surface area (Å²) in [5.74, 6) is -3.74. The molecule has 8 N–H and O–H groups in total. The first kappa shape index (κ1) is 43.9. The van der Waals surface area contributed by atoms with Gasteiger partial charge in [0.1, 0.15) is 35.6 Å². The quantitative estimate of drug-likeness (QED) is 0.0327. The lowest BCUT2D eigenvalue weighted by Crippen LogP contribution is -2.58. The summed E-state index contributed by atoms with van der Waals surface area (Å²) in [5.41, 5.74) is 0.304. The number of aliphatic hydroxyl groups is 7. The predicted octanol–water partition coefficient (Wildman–Crippen LogP) is 2.53. The van der Waals surface area contributed by atoms with Gasteiger partial charge in [-0.25, -0.2) is 0 Å². The Morgan fingerprint density at radius 1 is 0.833 bits per heavy atom. The van der Waals surface area contributed by atoms with Gasteiger partial charge in [0.05, 0.1) is 31.0 Å². The predicted molar refractivity (Wildman–Crippen MR) is 214 cm³/mol. The highest BCUT2D eigenvalue weighted by atomic mass is 16.7. The number of phenolic OH excluding ortho intramolecular Hbond substituents is 1. The van der Waals surface area contributed by atoms with E-state index in [9.17, 15) is 54.9 Å². The molecule has 0 saturated carbocycles. The molecule has 15 heteroatoms. The maximum absolute atomic E-state index is 14.9. The van der Waals surface area contributed by atoms with E-state index in [1.807, 2.05) is 6.07 Å². The Hall–Kier alpha value is -5.62. The van der Waals surface area contributed by atoms with E-state index < -0.39 is 78.9 Å². The molecule has 0 amide bonds. The lowest BCUT2D eigenvalue weighted by atomic mass is 9.77. The van der Waals surface area contributed by atoms with Gasteiger partial charge in [0.25, 0.3) is 0 Å². The number of benzene rings is 4. The first-order chi connectivity index (χ1) is 28.7. The molecular formula is C45H46O15. The van der Waals surface area contributed by atoms with E-state index in [2.05, 4.69) is 0 Å². The number of fused-ring (bicyclic) bond motifs is 2. The number of phenols is 1. The average molecular weight is 827 g/mol. The van der Waals surface area contributed by atoms with Crippen LogP contribution < -0.4 is 9.47 Å². The molecule has 15 nitrogen and oxygen atoms in total. The van der Waals surface area contributed by atoms with Crippen molar-refractivity contribution in [3.63, 3.8) is 0 Å². The number of carbonyl (C=O) groups is 4. The first-order valence-corrected chi connectivity index (χ1v) is 19.3. The first-order valence-electron chi connectivity index (χ1n) is 19.3. The number of esters is 1. The van der Waals surface area contributed by atoms with E-state index in [1.54, 1.807) is 30.3 Å². The second-order valence-corrected chi connectivity index (χ2v) is 14.8. The van der Waals surface area contributed by atoms with Crippen molar-refractivity contribution in [2.75, 3.05) is 6.61 Å². The molecule has 0 spiro atoms. The van der Waals surface area contributed by atoms with Crippen molar-refractivity contribution < 1.29 is 74.2 Å². The molecule has 4 aromatic rings. The average Bonchev–Trinajstić information content (AvgIpc) is 3.23. The Morgan fingerprint density at radius 3 is 2.23 bits per heavy atom. The van der Waals surface area contributed by atoms with Gasteiger partial charge in [0.2, 0.25) is 6.29 Å². The number of hydrogen-bond acceptors (Lipinski definition) is 15. The largest absolute Gasteiger partial charge is 0.507 e. The second kappa shape index (κ2) is 18.8. The van der Waals surface area contributed by atoms with Crippen LogP contribution in [-0.4, -0.2) is 108 Å². The van der Waals surface area contributed by atoms with Gasteiger partial charge in [0, 0.05) is 53.3 Å². The topological polar surface area (TPSA) is 258 Å². The summed E-state index contributed by atoms with van der Waals surface area (Å²) in [4.78, 5) is 54.2. The number of aromatic hydroxyl groups is 1. The molecular weight excluding hydrogens is 780 g/mol. The van der Waals surface area contributed by atoms with Crippen molar-refractivity contribution in [1.29, 1.82) is 0 Å². The van der Waals surface area contributed by atoms with Crippen LogP contribution in [0.5, 0.6) is 17.2 Å². The normalized spacial score (nSPS) is 20.4. The minimum absolute atomic E-state index is 0.0192. The van der Waals surface area contributed by atoms with Crippen molar-refractivity contribution in [1.82, 2.24) is 0 Å². The van der Waals surface area contributed by atoms with Crippen molar-refractivity contribution in [3.8, 4) is 17.2 Å². The molecule has 316 valence electrons. The van der Waals surface area contributed by atoms with Gasteiger partial charge >= 0.3 is 5.97 Å². The summed E-state index contributed by atoms with van der Waals surface area (Å²) < 4.78 is 17.3. The van der Waals surface area contributed by atoms with Gasteiger partial charge in [0.15, 0.2) is 17.9 Å². The van der Waals surface area contributed by atoms with E-state index in [0.29, 0.717) is 31.1 Å². The lowest BCUT2D eigenvalue weighted by molar-refractivity contribution is -0.268. The van der Waals surface area contributed by atoms with Gasteiger partial charge in [-0.05, 0) is 72.2 Å². The molecule has 0 aromatic heterocycles. The van der Waals surface area contributed by atoms with Crippen molar-refractivity contribution in [2.24, 2.45) is 0 Å². The smallest absolute Gasteiger partial charge is 0.308 e. The Kier molecular flexibility index (Phi) is 13.7. The molecule has 0 radical (unpaired) electrons. The van der Waals surface area contributed by atoms with Crippen LogP contribution >= 0.6 is 0 Å². The molecule has 1 aliphatic heterocycles. The van der Waals surface area contributed by atoms with Crippen molar-refractivity contribution >= 4 is 36.0 Å². The number of aldehydes is 1. The fourth-order valence-electron chi connectivity index (χ4n) is 7.62. The highest BCUT2D eigenvalue weighted by Gasteiger charge is 2.44. The van der Waals surface area contributed by atoms with Crippen LogP contribution in [0.2, 0.25) is 0 Å². The number of ether oxygens (including phenoxy) is 3. The van der Waals surface area contributed by atoms with E-state index in [1.165, 1.54) is 31.2 Å². The standard InChI is InChI=1S/C45H46O15/c1-22-39(52)43(56)44(57)45(58-22)60-35-18-32-38(40(53)31(35)16-26-8-4-9-27(19-47)33(26)21-49)42(55)36-28(20-48)17-34(59-23(2)50)30(37(36)41(32)54)12-11-24-6-3-7-25(14-24)15-29(51)10-5-13-46/h3-4,6-9,11-12,14,17-18,21-22,29,39,43-48,51-53,56-57H,5,10,13,15-16,19-20H2,1-2H3. The molecule has 4 aromatic carbocycles. The highest BCUT2D eigenvalue weighted by Crippen LogP contribution is 2.45. The van der Waals surface area contributed by atoms with E-state index in [-0.39, 0.29) is 74.6 Å². The van der Waals surface area contributed by atoms with Crippen LogP contribution in [0, 0.1) is 0 Å². The van der Waals surface area contributed by atoms with Crippen molar-refractivity contribution in [2.45, 2.75) is 89.6 Å². The van der Waals surface area contributed by atoms with Gasteiger partial charge in [-0.2, -0.15) is 0 Å². The summed E-state index contributed by atoms with van der Waals surface area (Å²) in [7, 11) is 0. The van der Waals surface area contributed by atoms with Gasteiger partial charge in [-0.3, -0.25) is 19.2 Å². The molecule has 1 fully saturated rings. The maximum Gasteiger partial charge on any atom is 0.308 e. The summed E-state index contributed by atoms with van der Waals surface area (Å²) in [6.07, 6.45) is -4.12. The molecule has 6 unspecified atom stereocenters. The van der Waals surface area contributed by atoms with Crippen molar-refractivity contribution in [3.05, 3.63) is 121 Å². The molecule has 2 aliphatic rings. The summed E-state index contributed by atoms with van der Waals surface area (Å²) in [6, 6.07) is 14.1. The van der Waals surface area contributed by atoms with E-state index in [0.717, 1.165) is 18.6 Å².